The van der Waals surface area contributed by atoms with E-state index >= 15 is 0 Å². The predicted molar refractivity (Wildman–Crippen MR) is 81.5 cm³/mol. The molecule has 1 aromatic rings. The zero-order valence-corrected chi connectivity index (χ0v) is 12.2. The second-order valence-corrected chi connectivity index (χ2v) is 6.37. The van der Waals surface area contributed by atoms with Gasteiger partial charge in [-0.2, -0.15) is 0 Å². The van der Waals surface area contributed by atoms with Crippen LogP contribution in [0.3, 0.4) is 0 Å². The average Bonchev–Trinajstić information content (AvgIpc) is 3.31. The number of benzene rings is 1. The summed E-state index contributed by atoms with van der Waals surface area (Å²) < 4.78 is 0. The summed E-state index contributed by atoms with van der Waals surface area (Å²) in [5.41, 5.74) is 1.39. The largest absolute Gasteiger partial charge is 0.392 e. The number of rotatable bonds is 6. The van der Waals surface area contributed by atoms with Gasteiger partial charge < -0.3 is 10.4 Å². The topological polar surface area (TPSA) is 35.5 Å². The molecule has 20 heavy (non-hydrogen) atoms. The van der Waals surface area contributed by atoms with Gasteiger partial charge in [-0.05, 0) is 43.7 Å². The van der Waals surface area contributed by atoms with E-state index in [1.165, 1.54) is 37.8 Å². The monoisotopic (exact) mass is 274 g/mol. The zero-order valence-electron chi connectivity index (χ0n) is 12.2. The van der Waals surface area contributed by atoms with Crippen LogP contribution in [-0.2, 0) is 6.54 Å². The number of hydrogen-bond donors (Lipinski definition) is 2. The van der Waals surface area contributed by atoms with Crippen molar-refractivity contribution in [3.05, 3.63) is 35.9 Å². The third kappa shape index (κ3) is 4.05. The average molecular weight is 274 g/mol. The van der Waals surface area contributed by atoms with Crippen LogP contribution in [0, 0.1) is 5.92 Å². The van der Waals surface area contributed by atoms with Gasteiger partial charge in [0, 0.05) is 25.7 Å². The van der Waals surface area contributed by atoms with E-state index in [9.17, 15) is 5.11 Å². The van der Waals surface area contributed by atoms with Crippen LogP contribution in [0.25, 0.3) is 0 Å². The first-order valence-corrected chi connectivity index (χ1v) is 7.99. The number of hydrogen-bond acceptors (Lipinski definition) is 3. The van der Waals surface area contributed by atoms with E-state index in [0.29, 0.717) is 12.0 Å². The molecule has 1 aliphatic carbocycles. The van der Waals surface area contributed by atoms with Crippen molar-refractivity contribution in [3.8, 4) is 0 Å². The lowest BCUT2D eigenvalue weighted by molar-refractivity contribution is 0.128. The summed E-state index contributed by atoms with van der Waals surface area (Å²) in [5, 5.41) is 13.5. The Kier molecular flexibility index (Phi) is 4.71. The molecule has 1 saturated heterocycles. The van der Waals surface area contributed by atoms with Crippen molar-refractivity contribution in [1.29, 1.82) is 0 Å². The van der Waals surface area contributed by atoms with Crippen LogP contribution in [0.2, 0.25) is 0 Å². The summed E-state index contributed by atoms with van der Waals surface area (Å²) in [4.78, 5) is 2.53. The van der Waals surface area contributed by atoms with Crippen LogP contribution in [0.4, 0.5) is 0 Å². The van der Waals surface area contributed by atoms with E-state index in [1.54, 1.807) is 0 Å². The van der Waals surface area contributed by atoms with E-state index in [2.05, 4.69) is 40.5 Å². The van der Waals surface area contributed by atoms with Crippen molar-refractivity contribution in [1.82, 2.24) is 10.2 Å². The van der Waals surface area contributed by atoms with Gasteiger partial charge in [-0.15, -0.1) is 0 Å². The standard InChI is InChI=1S/C17H26N2O/c20-17(15-8-9-15)11-18-16-7-4-10-19(13-16)12-14-5-2-1-3-6-14/h1-3,5-6,15-18,20H,4,7-13H2. The van der Waals surface area contributed by atoms with Crippen molar-refractivity contribution in [2.75, 3.05) is 19.6 Å². The minimum absolute atomic E-state index is 0.125. The third-order valence-corrected chi connectivity index (χ3v) is 4.54. The van der Waals surface area contributed by atoms with E-state index in [-0.39, 0.29) is 6.10 Å². The van der Waals surface area contributed by atoms with Crippen LogP contribution in [0.15, 0.2) is 30.3 Å². The Balaban J connectivity index is 1.43. The van der Waals surface area contributed by atoms with Crippen LogP contribution in [0.5, 0.6) is 0 Å². The summed E-state index contributed by atoms with van der Waals surface area (Å²) in [6.07, 6.45) is 4.80. The molecule has 2 fully saturated rings. The molecule has 2 N–H and O–H groups in total. The lowest BCUT2D eigenvalue weighted by Crippen LogP contribution is -2.47. The molecule has 2 aliphatic rings. The lowest BCUT2D eigenvalue weighted by Gasteiger charge is -2.33. The van der Waals surface area contributed by atoms with Gasteiger partial charge >= 0.3 is 0 Å². The highest BCUT2D eigenvalue weighted by Crippen LogP contribution is 2.32. The Bertz CT molecular complexity index is 405. The number of nitrogens with zero attached hydrogens (tertiary/aromatic N) is 1. The van der Waals surface area contributed by atoms with Crippen molar-refractivity contribution in [2.24, 2.45) is 5.92 Å². The van der Waals surface area contributed by atoms with Crippen LogP contribution >= 0.6 is 0 Å². The van der Waals surface area contributed by atoms with Gasteiger partial charge in [-0.1, -0.05) is 30.3 Å². The van der Waals surface area contributed by atoms with Gasteiger partial charge in [0.15, 0.2) is 0 Å². The van der Waals surface area contributed by atoms with Crippen molar-refractivity contribution in [2.45, 2.75) is 44.4 Å². The Morgan fingerprint density at radius 3 is 2.75 bits per heavy atom. The molecule has 1 heterocycles. The molecule has 1 aromatic carbocycles. The molecule has 0 aromatic heterocycles. The number of aliphatic hydroxyl groups is 1. The first-order chi connectivity index (χ1) is 9.81. The molecule has 3 rings (SSSR count). The molecule has 2 atom stereocenters. The highest BCUT2D eigenvalue weighted by Gasteiger charge is 2.30. The summed E-state index contributed by atoms with van der Waals surface area (Å²) in [6.45, 7) is 4.11. The summed E-state index contributed by atoms with van der Waals surface area (Å²) >= 11 is 0. The SMILES string of the molecule is OC(CNC1CCCN(Cc2ccccc2)C1)C1CC1. The molecule has 0 bridgehead atoms. The van der Waals surface area contributed by atoms with Crippen molar-refractivity contribution in [3.63, 3.8) is 0 Å². The first kappa shape index (κ1) is 14.1. The van der Waals surface area contributed by atoms with E-state index in [1.807, 2.05) is 0 Å². The molecule has 0 spiro atoms. The maximum atomic E-state index is 9.94. The zero-order chi connectivity index (χ0) is 13.8. The molecule has 3 heteroatoms. The minimum Gasteiger partial charge on any atom is -0.392 e. The molecule has 1 saturated carbocycles. The Hall–Kier alpha value is -0.900. The smallest absolute Gasteiger partial charge is 0.0692 e. The maximum absolute atomic E-state index is 9.94. The molecular formula is C17H26N2O. The molecule has 1 aliphatic heterocycles. The van der Waals surface area contributed by atoms with E-state index in [0.717, 1.165) is 19.6 Å². The third-order valence-electron chi connectivity index (χ3n) is 4.54. The fourth-order valence-corrected chi connectivity index (χ4v) is 3.14. The van der Waals surface area contributed by atoms with E-state index in [4.69, 9.17) is 0 Å². The Morgan fingerprint density at radius 1 is 1.20 bits per heavy atom. The fraction of sp³-hybridized carbons (Fsp3) is 0.647. The van der Waals surface area contributed by atoms with Gasteiger partial charge in [0.05, 0.1) is 6.10 Å². The normalized spacial score (nSPS) is 25.6. The molecular weight excluding hydrogens is 248 g/mol. The van der Waals surface area contributed by atoms with Crippen LogP contribution in [0.1, 0.15) is 31.2 Å². The molecule has 110 valence electrons. The first-order valence-electron chi connectivity index (χ1n) is 7.99. The second kappa shape index (κ2) is 6.70. The molecule has 3 nitrogen and oxygen atoms in total. The van der Waals surface area contributed by atoms with Crippen LogP contribution in [-0.4, -0.2) is 41.8 Å². The minimum atomic E-state index is -0.125. The molecule has 0 radical (unpaired) electrons. The quantitative estimate of drug-likeness (QED) is 0.833. The van der Waals surface area contributed by atoms with Crippen molar-refractivity contribution < 1.29 is 5.11 Å². The second-order valence-electron chi connectivity index (χ2n) is 6.37. The van der Waals surface area contributed by atoms with E-state index < -0.39 is 0 Å². The Labute approximate surface area is 122 Å². The van der Waals surface area contributed by atoms with Crippen LogP contribution < -0.4 is 5.32 Å². The van der Waals surface area contributed by atoms with Gasteiger partial charge in [-0.25, -0.2) is 0 Å². The van der Waals surface area contributed by atoms with Gasteiger partial charge in [0.2, 0.25) is 0 Å². The highest BCUT2D eigenvalue weighted by molar-refractivity contribution is 5.14. The van der Waals surface area contributed by atoms with Crippen molar-refractivity contribution >= 4 is 0 Å². The van der Waals surface area contributed by atoms with Gasteiger partial charge in [-0.3, -0.25) is 4.90 Å². The summed E-state index contributed by atoms with van der Waals surface area (Å²) in [7, 11) is 0. The van der Waals surface area contributed by atoms with Gasteiger partial charge in [0.1, 0.15) is 0 Å². The fourth-order valence-electron chi connectivity index (χ4n) is 3.14. The maximum Gasteiger partial charge on any atom is 0.0692 e. The summed E-state index contributed by atoms with van der Waals surface area (Å²) in [5.74, 6) is 0.575. The predicted octanol–water partition coefficient (Wildman–Crippen LogP) is 2.01. The number of piperidine rings is 1. The number of aliphatic hydroxyl groups excluding tert-OH is 1. The molecule has 0 amide bonds. The number of nitrogens with one attached hydrogen (secondary N) is 1. The summed E-state index contributed by atoms with van der Waals surface area (Å²) in [6, 6.07) is 11.2. The highest BCUT2D eigenvalue weighted by atomic mass is 16.3. The Morgan fingerprint density at radius 2 is 2.00 bits per heavy atom. The molecule has 2 unspecified atom stereocenters. The lowest BCUT2D eigenvalue weighted by atomic mass is 10.0. The number of likely N-dealkylation sites (tertiary alicyclic amines) is 1. The van der Waals surface area contributed by atoms with Gasteiger partial charge in [0.25, 0.3) is 0 Å².